The molecular formula is C16H21ClN4. The van der Waals surface area contributed by atoms with Crippen molar-refractivity contribution in [3.8, 4) is 0 Å². The molecule has 0 aliphatic carbocycles. The Hall–Kier alpha value is -1.81. The van der Waals surface area contributed by atoms with Crippen molar-refractivity contribution in [2.24, 2.45) is 0 Å². The van der Waals surface area contributed by atoms with Crippen LogP contribution in [0.4, 0.5) is 17.3 Å². The van der Waals surface area contributed by atoms with Crippen molar-refractivity contribution in [3.63, 3.8) is 0 Å². The van der Waals surface area contributed by atoms with Gasteiger partial charge in [0.05, 0.1) is 10.7 Å². The third-order valence-corrected chi connectivity index (χ3v) is 3.32. The number of aromatic nitrogens is 2. The average molecular weight is 305 g/mol. The van der Waals surface area contributed by atoms with Crippen LogP contribution in [-0.2, 0) is 0 Å². The van der Waals surface area contributed by atoms with Crippen LogP contribution in [0.15, 0.2) is 24.3 Å². The van der Waals surface area contributed by atoms with Crippen molar-refractivity contribution in [2.75, 3.05) is 17.2 Å². The molecule has 1 aromatic carbocycles. The molecule has 0 bridgehead atoms. The molecule has 4 nitrogen and oxygen atoms in total. The largest absolute Gasteiger partial charge is 0.370 e. The molecule has 0 amide bonds. The molecule has 0 saturated carbocycles. The summed E-state index contributed by atoms with van der Waals surface area (Å²) < 4.78 is 0. The Morgan fingerprint density at radius 3 is 2.48 bits per heavy atom. The van der Waals surface area contributed by atoms with Gasteiger partial charge >= 0.3 is 0 Å². The lowest BCUT2D eigenvalue weighted by atomic mass is 10.2. The summed E-state index contributed by atoms with van der Waals surface area (Å²) in [4.78, 5) is 9.06. The van der Waals surface area contributed by atoms with Crippen LogP contribution in [0, 0.1) is 6.92 Å². The molecule has 2 N–H and O–H groups in total. The first-order valence-corrected chi connectivity index (χ1v) is 7.53. The van der Waals surface area contributed by atoms with Gasteiger partial charge in [-0.25, -0.2) is 9.97 Å². The maximum Gasteiger partial charge on any atom is 0.136 e. The first-order chi connectivity index (χ1) is 9.99. The van der Waals surface area contributed by atoms with E-state index in [1.54, 1.807) is 0 Å². The quantitative estimate of drug-likeness (QED) is 0.838. The van der Waals surface area contributed by atoms with Gasteiger partial charge in [-0.2, -0.15) is 0 Å². The summed E-state index contributed by atoms with van der Waals surface area (Å²) in [5, 5.41) is 7.18. The lowest BCUT2D eigenvalue weighted by molar-refractivity contribution is 0.777. The third-order valence-electron chi connectivity index (χ3n) is 3.01. The van der Waals surface area contributed by atoms with Crippen molar-refractivity contribution in [2.45, 2.75) is 33.6 Å². The van der Waals surface area contributed by atoms with E-state index < -0.39 is 0 Å². The summed E-state index contributed by atoms with van der Waals surface area (Å²) in [5.41, 5.74) is 1.97. The molecule has 0 unspecified atom stereocenters. The maximum atomic E-state index is 6.26. The van der Waals surface area contributed by atoms with Crippen LogP contribution >= 0.6 is 11.6 Å². The number of rotatable bonds is 5. The van der Waals surface area contributed by atoms with E-state index in [-0.39, 0.29) is 5.92 Å². The van der Waals surface area contributed by atoms with Crippen molar-refractivity contribution < 1.29 is 0 Å². The molecule has 0 aliphatic heterocycles. The van der Waals surface area contributed by atoms with E-state index in [4.69, 9.17) is 11.6 Å². The number of benzene rings is 1. The molecule has 0 atom stereocenters. The van der Waals surface area contributed by atoms with E-state index in [0.29, 0.717) is 5.02 Å². The molecule has 2 aromatic rings. The molecule has 0 saturated heterocycles. The van der Waals surface area contributed by atoms with E-state index >= 15 is 0 Å². The van der Waals surface area contributed by atoms with Gasteiger partial charge in [0, 0.05) is 18.5 Å². The Bertz CT molecular complexity index is 626. The molecule has 112 valence electrons. The Balaban J connectivity index is 2.33. The van der Waals surface area contributed by atoms with E-state index in [1.807, 2.05) is 38.1 Å². The molecule has 5 heteroatoms. The smallest absolute Gasteiger partial charge is 0.136 e. The summed E-state index contributed by atoms with van der Waals surface area (Å²) in [6, 6.07) is 7.80. The van der Waals surface area contributed by atoms with Crippen molar-refractivity contribution >= 4 is 28.9 Å². The first-order valence-electron chi connectivity index (χ1n) is 7.15. The van der Waals surface area contributed by atoms with E-state index in [1.165, 1.54) is 0 Å². The van der Waals surface area contributed by atoms with Gasteiger partial charge in [-0.1, -0.05) is 31.5 Å². The highest BCUT2D eigenvalue weighted by Crippen LogP contribution is 2.27. The number of hydrogen-bond acceptors (Lipinski definition) is 4. The fourth-order valence-electron chi connectivity index (χ4n) is 1.92. The number of hydrogen-bond donors (Lipinski definition) is 2. The molecule has 0 aliphatic rings. The van der Waals surface area contributed by atoms with E-state index in [0.717, 1.165) is 35.3 Å². The van der Waals surface area contributed by atoms with Crippen LogP contribution in [0.3, 0.4) is 0 Å². The number of nitrogens with one attached hydrogen (secondary N) is 2. The van der Waals surface area contributed by atoms with Crippen LogP contribution in [0.25, 0.3) is 0 Å². The molecular weight excluding hydrogens is 284 g/mol. The summed E-state index contributed by atoms with van der Waals surface area (Å²) in [7, 11) is 0. The molecule has 0 radical (unpaired) electrons. The predicted octanol–water partition coefficient (Wildman–Crippen LogP) is 4.74. The zero-order valence-corrected chi connectivity index (χ0v) is 13.6. The molecule has 0 spiro atoms. The number of nitrogens with zero attached hydrogens (tertiary/aromatic N) is 2. The second-order valence-electron chi connectivity index (χ2n) is 5.29. The van der Waals surface area contributed by atoms with Gasteiger partial charge in [-0.15, -0.1) is 0 Å². The highest BCUT2D eigenvalue weighted by molar-refractivity contribution is 6.33. The molecule has 1 aromatic heterocycles. The van der Waals surface area contributed by atoms with Crippen LogP contribution in [0.5, 0.6) is 0 Å². The maximum absolute atomic E-state index is 6.26. The van der Waals surface area contributed by atoms with Gasteiger partial charge < -0.3 is 10.6 Å². The van der Waals surface area contributed by atoms with Gasteiger partial charge in [0.15, 0.2) is 0 Å². The zero-order valence-electron chi connectivity index (χ0n) is 12.9. The van der Waals surface area contributed by atoms with Crippen LogP contribution in [0.1, 0.15) is 38.1 Å². The average Bonchev–Trinajstić information content (AvgIpc) is 2.42. The summed E-state index contributed by atoms with van der Waals surface area (Å²) in [5.74, 6) is 2.63. The first kappa shape index (κ1) is 15.6. The highest BCUT2D eigenvalue weighted by atomic mass is 35.5. The third kappa shape index (κ3) is 4.08. The zero-order chi connectivity index (χ0) is 15.4. The fraction of sp³-hybridized carbons (Fsp3) is 0.375. The van der Waals surface area contributed by atoms with Crippen molar-refractivity contribution in [3.05, 3.63) is 40.7 Å². The second kappa shape index (κ2) is 6.76. The van der Waals surface area contributed by atoms with Crippen LogP contribution in [0.2, 0.25) is 5.02 Å². The number of halogens is 1. The topological polar surface area (TPSA) is 49.8 Å². The summed E-state index contributed by atoms with van der Waals surface area (Å²) >= 11 is 6.26. The standard InChI is InChI=1S/C16H21ClN4/c1-5-18-14-9-15(21-16(20-14)10(2)3)19-13-7-6-11(4)8-12(13)17/h6-10H,5H2,1-4H3,(H2,18,19,20,21). The van der Waals surface area contributed by atoms with Gasteiger partial charge in [-0.3, -0.25) is 0 Å². The fourth-order valence-corrected chi connectivity index (χ4v) is 2.20. The van der Waals surface area contributed by atoms with Gasteiger partial charge in [0.25, 0.3) is 0 Å². The Morgan fingerprint density at radius 1 is 1.14 bits per heavy atom. The second-order valence-corrected chi connectivity index (χ2v) is 5.70. The summed E-state index contributed by atoms with van der Waals surface area (Å²) in [6.07, 6.45) is 0. The summed E-state index contributed by atoms with van der Waals surface area (Å²) in [6.45, 7) is 9.03. The Morgan fingerprint density at radius 2 is 1.86 bits per heavy atom. The van der Waals surface area contributed by atoms with Gasteiger partial charge in [0.2, 0.25) is 0 Å². The molecule has 2 rings (SSSR count). The number of aryl methyl sites for hydroxylation is 1. The van der Waals surface area contributed by atoms with Crippen molar-refractivity contribution in [1.29, 1.82) is 0 Å². The Labute approximate surface area is 131 Å². The monoisotopic (exact) mass is 304 g/mol. The molecule has 0 fully saturated rings. The van der Waals surface area contributed by atoms with Gasteiger partial charge in [-0.05, 0) is 31.5 Å². The number of anilines is 3. The molecule has 1 heterocycles. The van der Waals surface area contributed by atoms with Crippen LogP contribution < -0.4 is 10.6 Å². The van der Waals surface area contributed by atoms with Crippen LogP contribution in [-0.4, -0.2) is 16.5 Å². The minimum atomic E-state index is 0.262. The SMILES string of the molecule is CCNc1cc(Nc2ccc(C)cc2Cl)nc(C(C)C)n1. The van der Waals surface area contributed by atoms with E-state index in [2.05, 4.69) is 34.4 Å². The minimum Gasteiger partial charge on any atom is -0.370 e. The predicted molar refractivity (Wildman–Crippen MR) is 89.8 cm³/mol. The van der Waals surface area contributed by atoms with Gasteiger partial charge in [0.1, 0.15) is 17.5 Å². The van der Waals surface area contributed by atoms with Crippen molar-refractivity contribution in [1.82, 2.24) is 9.97 Å². The Kier molecular flexibility index (Phi) is 5.02. The highest BCUT2D eigenvalue weighted by Gasteiger charge is 2.09. The minimum absolute atomic E-state index is 0.262. The van der Waals surface area contributed by atoms with E-state index in [9.17, 15) is 0 Å². The normalized spacial score (nSPS) is 10.8. The lowest BCUT2D eigenvalue weighted by Gasteiger charge is -2.13. The lowest BCUT2D eigenvalue weighted by Crippen LogP contribution is -2.07. The molecule has 21 heavy (non-hydrogen) atoms.